The molecule has 0 saturated heterocycles. The van der Waals surface area contributed by atoms with Crippen LogP contribution in [0, 0.1) is 0 Å². The van der Waals surface area contributed by atoms with Crippen LogP contribution in [0.1, 0.15) is 30.5 Å². The highest BCUT2D eigenvalue weighted by molar-refractivity contribution is 9.12. The summed E-state index contributed by atoms with van der Waals surface area (Å²) in [7, 11) is 0. The lowest BCUT2D eigenvalue weighted by Crippen LogP contribution is -2.13. The summed E-state index contributed by atoms with van der Waals surface area (Å²) >= 11 is 8.67. The third-order valence-corrected chi connectivity index (χ3v) is 5.12. The second-order valence-electron chi connectivity index (χ2n) is 4.14. The largest absolute Gasteiger partial charge is 0.493 e. The number of ether oxygens (including phenoxy) is 1. The van der Waals surface area contributed by atoms with E-state index in [-0.39, 0.29) is 6.04 Å². The first kappa shape index (κ1) is 15.0. The van der Waals surface area contributed by atoms with Gasteiger partial charge in [-0.15, -0.1) is 11.3 Å². The Labute approximate surface area is 134 Å². The number of thiophene rings is 1. The van der Waals surface area contributed by atoms with E-state index in [0.29, 0.717) is 6.61 Å². The molecule has 1 heterocycles. The minimum absolute atomic E-state index is 0.190. The lowest BCUT2D eigenvalue weighted by molar-refractivity contribution is 0.313. The Bertz CT molecular complexity index is 556. The lowest BCUT2D eigenvalue weighted by Gasteiger charge is -2.16. The molecule has 0 aliphatic carbocycles. The van der Waals surface area contributed by atoms with Crippen LogP contribution in [0.3, 0.4) is 0 Å². The van der Waals surface area contributed by atoms with Crippen molar-refractivity contribution in [3.05, 3.63) is 49.0 Å². The minimum atomic E-state index is -0.190. The van der Waals surface area contributed by atoms with Crippen LogP contribution < -0.4 is 10.5 Å². The van der Waals surface area contributed by atoms with Gasteiger partial charge < -0.3 is 10.5 Å². The molecule has 2 aromatic rings. The number of hydrogen-bond acceptors (Lipinski definition) is 3. The highest BCUT2D eigenvalue weighted by Crippen LogP contribution is 2.38. The molecule has 2 rings (SSSR count). The molecule has 0 bridgehead atoms. The summed E-state index contributed by atoms with van der Waals surface area (Å²) in [5.74, 6) is 0.867. The highest BCUT2D eigenvalue weighted by atomic mass is 79.9. The summed E-state index contributed by atoms with van der Waals surface area (Å²) in [5, 5.41) is 0. The molecule has 0 aliphatic heterocycles. The average Bonchev–Trinajstić information content (AvgIpc) is 2.75. The highest BCUT2D eigenvalue weighted by Gasteiger charge is 2.18. The van der Waals surface area contributed by atoms with E-state index in [2.05, 4.69) is 44.8 Å². The Kier molecular flexibility index (Phi) is 5.45. The van der Waals surface area contributed by atoms with Gasteiger partial charge in [-0.2, -0.15) is 0 Å². The number of nitrogens with two attached hydrogens (primary N) is 1. The van der Waals surface area contributed by atoms with Crippen molar-refractivity contribution in [3.8, 4) is 5.75 Å². The quantitative estimate of drug-likeness (QED) is 0.751. The second kappa shape index (κ2) is 6.88. The van der Waals surface area contributed by atoms with Gasteiger partial charge in [0, 0.05) is 5.56 Å². The molecule has 0 aliphatic rings. The predicted octanol–water partition coefficient (Wildman–Crippen LogP) is 5.11. The maximum Gasteiger partial charge on any atom is 0.124 e. The molecule has 0 spiro atoms. The Morgan fingerprint density at radius 2 is 2.00 bits per heavy atom. The molecule has 1 aromatic carbocycles. The molecule has 0 saturated carbocycles. The van der Waals surface area contributed by atoms with E-state index in [1.165, 1.54) is 0 Å². The molecule has 102 valence electrons. The van der Waals surface area contributed by atoms with Crippen LogP contribution in [0.4, 0.5) is 0 Å². The van der Waals surface area contributed by atoms with E-state index in [0.717, 1.165) is 30.9 Å². The molecular weight excluding hydrogens is 390 g/mol. The molecule has 5 heteroatoms. The zero-order valence-electron chi connectivity index (χ0n) is 10.5. The molecule has 1 unspecified atom stereocenters. The SMILES string of the molecule is CCCOc1ccccc1C(N)c1cc(Br)sc1Br. The van der Waals surface area contributed by atoms with E-state index in [4.69, 9.17) is 10.5 Å². The molecule has 2 nitrogen and oxygen atoms in total. The first-order chi connectivity index (χ1) is 9.13. The van der Waals surface area contributed by atoms with E-state index >= 15 is 0 Å². The third kappa shape index (κ3) is 3.60. The Morgan fingerprint density at radius 1 is 1.26 bits per heavy atom. The number of halogens is 2. The van der Waals surface area contributed by atoms with Crippen LogP contribution in [-0.2, 0) is 0 Å². The maximum atomic E-state index is 6.38. The van der Waals surface area contributed by atoms with Gasteiger partial charge in [0.05, 0.1) is 20.2 Å². The molecule has 2 N–H and O–H groups in total. The topological polar surface area (TPSA) is 35.2 Å². The normalized spacial score (nSPS) is 12.4. The number of hydrogen-bond donors (Lipinski definition) is 1. The summed E-state index contributed by atoms with van der Waals surface area (Å²) in [4.78, 5) is 0. The zero-order chi connectivity index (χ0) is 13.8. The van der Waals surface area contributed by atoms with Gasteiger partial charge in [-0.3, -0.25) is 0 Å². The Morgan fingerprint density at radius 3 is 2.63 bits per heavy atom. The van der Waals surface area contributed by atoms with Crippen molar-refractivity contribution >= 4 is 43.2 Å². The van der Waals surface area contributed by atoms with Crippen LogP contribution >= 0.6 is 43.2 Å². The van der Waals surface area contributed by atoms with Crippen molar-refractivity contribution in [2.75, 3.05) is 6.61 Å². The van der Waals surface area contributed by atoms with Crippen LogP contribution in [-0.4, -0.2) is 6.61 Å². The monoisotopic (exact) mass is 403 g/mol. The number of para-hydroxylation sites is 1. The fourth-order valence-corrected chi connectivity index (χ4v) is 4.74. The standard InChI is InChI=1S/C14H15Br2NOS/c1-2-7-18-11-6-4-3-5-9(11)13(17)10-8-12(15)19-14(10)16/h3-6,8,13H,2,7,17H2,1H3. The van der Waals surface area contributed by atoms with Gasteiger partial charge >= 0.3 is 0 Å². The van der Waals surface area contributed by atoms with Crippen molar-refractivity contribution in [3.63, 3.8) is 0 Å². The summed E-state index contributed by atoms with van der Waals surface area (Å²) in [6.45, 7) is 2.80. The maximum absolute atomic E-state index is 6.38. The Hall–Kier alpha value is -0.360. The molecule has 1 aromatic heterocycles. The molecule has 19 heavy (non-hydrogen) atoms. The van der Waals surface area contributed by atoms with Gasteiger partial charge in [0.2, 0.25) is 0 Å². The van der Waals surface area contributed by atoms with Gasteiger partial charge in [-0.25, -0.2) is 0 Å². The first-order valence-electron chi connectivity index (χ1n) is 6.05. The third-order valence-electron chi connectivity index (χ3n) is 2.73. The number of rotatable bonds is 5. The van der Waals surface area contributed by atoms with E-state index in [1.807, 2.05) is 24.3 Å². The smallest absolute Gasteiger partial charge is 0.124 e. The molecule has 1 atom stereocenters. The average molecular weight is 405 g/mol. The lowest BCUT2D eigenvalue weighted by atomic mass is 10.0. The second-order valence-corrected chi connectivity index (χ2v) is 7.89. The molecule has 0 amide bonds. The van der Waals surface area contributed by atoms with Gasteiger partial charge in [-0.1, -0.05) is 25.1 Å². The minimum Gasteiger partial charge on any atom is -0.493 e. The summed E-state index contributed by atoms with van der Waals surface area (Å²) in [6, 6.07) is 9.82. The predicted molar refractivity (Wildman–Crippen MR) is 88.0 cm³/mol. The number of benzene rings is 1. The summed E-state index contributed by atoms with van der Waals surface area (Å²) in [5.41, 5.74) is 8.47. The van der Waals surface area contributed by atoms with Gasteiger partial charge in [0.25, 0.3) is 0 Å². The van der Waals surface area contributed by atoms with Crippen molar-refractivity contribution in [2.45, 2.75) is 19.4 Å². The summed E-state index contributed by atoms with van der Waals surface area (Å²) in [6.07, 6.45) is 0.983. The fourth-order valence-electron chi connectivity index (χ4n) is 1.81. The van der Waals surface area contributed by atoms with Crippen molar-refractivity contribution in [1.29, 1.82) is 0 Å². The molecule has 0 radical (unpaired) electrons. The van der Waals surface area contributed by atoms with Crippen molar-refractivity contribution < 1.29 is 4.74 Å². The van der Waals surface area contributed by atoms with Crippen LogP contribution in [0.2, 0.25) is 0 Å². The fraction of sp³-hybridized carbons (Fsp3) is 0.286. The zero-order valence-corrected chi connectivity index (χ0v) is 14.5. The van der Waals surface area contributed by atoms with Gasteiger partial charge in [0.15, 0.2) is 0 Å². The Balaban J connectivity index is 2.32. The molecular formula is C14H15Br2NOS. The van der Waals surface area contributed by atoms with Crippen LogP contribution in [0.5, 0.6) is 5.75 Å². The van der Waals surface area contributed by atoms with Gasteiger partial charge in [-0.05, 0) is 56.0 Å². The first-order valence-corrected chi connectivity index (χ1v) is 8.45. The van der Waals surface area contributed by atoms with Crippen molar-refractivity contribution in [2.24, 2.45) is 5.73 Å². The van der Waals surface area contributed by atoms with Crippen LogP contribution in [0.25, 0.3) is 0 Å². The summed E-state index contributed by atoms with van der Waals surface area (Å²) < 4.78 is 7.89. The van der Waals surface area contributed by atoms with E-state index < -0.39 is 0 Å². The van der Waals surface area contributed by atoms with Crippen LogP contribution in [0.15, 0.2) is 37.9 Å². The van der Waals surface area contributed by atoms with Crippen molar-refractivity contribution in [1.82, 2.24) is 0 Å². The van der Waals surface area contributed by atoms with E-state index in [1.54, 1.807) is 11.3 Å². The van der Waals surface area contributed by atoms with Gasteiger partial charge in [0.1, 0.15) is 5.75 Å². The van der Waals surface area contributed by atoms with E-state index in [9.17, 15) is 0 Å². The molecule has 0 fully saturated rings.